The first-order valence-electron chi connectivity index (χ1n) is 4.10. The Kier molecular flexibility index (Phi) is 4.69. The lowest BCUT2D eigenvalue weighted by atomic mass is 10.3. The zero-order valence-electron chi connectivity index (χ0n) is 8.51. The van der Waals surface area contributed by atoms with Gasteiger partial charge in [-0.2, -0.15) is 0 Å². The van der Waals surface area contributed by atoms with Crippen LogP contribution in [0.5, 0.6) is 0 Å². The molecule has 0 unspecified atom stereocenters. The molecule has 0 spiro atoms. The van der Waals surface area contributed by atoms with Gasteiger partial charge in [-0.1, -0.05) is 0 Å². The topological polar surface area (TPSA) is 93.2 Å². The number of hydrogen-bond acceptors (Lipinski definition) is 5. The third kappa shape index (κ3) is 5.42. The van der Waals surface area contributed by atoms with Crippen molar-refractivity contribution in [2.24, 2.45) is 0 Å². The van der Waals surface area contributed by atoms with E-state index in [0.29, 0.717) is 14.6 Å². The van der Waals surface area contributed by atoms with Gasteiger partial charge in [-0.15, -0.1) is 4.13 Å². The molecule has 1 rings (SSSR count). The second-order valence-corrected chi connectivity index (χ2v) is 8.61. The summed E-state index contributed by atoms with van der Waals surface area (Å²) in [4.78, 5) is 3.89. The third-order valence-corrected chi connectivity index (χ3v) is 5.57. The van der Waals surface area contributed by atoms with E-state index in [9.17, 15) is 16.8 Å². The van der Waals surface area contributed by atoms with Crippen LogP contribution in [-0.2, 0) is 25.8 Å². The van der Waals surface area contributed by atoms with Gasteiger partial charge in [-0.05, 0) is 37.9 Å². The molecule has 0 aliphatic carbocycles. The van der Waals surface area contributed by atoms with Crippen molar-refractivity contribution in [2.75, 3.05) is 6.26 Å². The molecule has 0 saturated heterocycles. The van der Waals surface area contributed by atoms with Crippen molar-refractivity contribution in [1.82, 2.24) is 9.11 Å². The quantitative estimate of drug-likeness (QED) is 0.751. The Morgan fingerprint density at radius 1 is 1.29 bits per heavy atom. The summed E-state index contributed by atoms with van der Waals surface area (Å²) in [6.07, 6.45) is 2.27. The first-order valence-corrected chi connectivity index (χ1v) is 9.23. The number of sulfonamides is 2. The molecule has 0 atom stereocenters. The maximum absolute atomic E-state index is 11.5. The Bertz CT molecular complexity index is 627. The SMILES string of the molecule is CS(=O)(=O)NS(=O)(=O)Cc1cc(Br)cnc1Br. The third-order valence-electron chi connectivity index (χ3n) is 1.50. The van der Waals surface area contributed by atoms with Gasteiger partial charge in [-0.25, -0.2) is 21.8 Å². The molecule has 0 saturated carbocycles. The standard InChI is InChI=1S/C7H8Br2N2O4S2/c1-16(12,13)11-17(14,15)4-5-2-6(8)3-10-7(5)9/h2-3,11H,4H2,1H3. The molecule has 6 nitrogen and oxygen atoms in total. The number of nitrogens with zero attached hydrogens (tertiary/aromatic N) is 1. The minimum atomic E-state index is -3.96. The fourth-order valence-electron chi connectivity index (χ4n) is 1.03. The van der Waals surface area contributed by atoms with Crippen molar-refractivity contribution in [3.05, 3.63) is 26.9 Å². The van der Waals surface area contributed by atoms with E-state index in [4.69, 9.17) is 0 Å². The highest BCUT2D eigenvalue weighted by molar-refractivity contribution is 9.11. The number of aromatic nitrogens is 1. The van der Waals surface area contributed by atoms with Gasteiger partial charge in [0, 0.05) is 16.2 Å². The molecule has 1 N–H and O–H groups in total. The molecule has 96 valence electrons. The Hall–Kier alpha value is -0.0300. The number of pyridine rings is 1. The number of nitrogens with one attached hydrogen (secondary N) is 1. The van der Waals surface area contributed by atoms with Crippen LogP contribution in [0.3, 0.4) is 0 Å². The van der Waals surface area contributed by atoms with Gasteiger partial charge >= 0.3 is 0 Å². The van der Waals surface area contributed by atoms with Crippen molar-refractivity contribution < 1.29 is 16.8 Å². The predicted molar refractivity (Wildman–Crippen MR) is 70.2 cm³/mol. The summed E-state index contributed by atoms with van der Waals surface area (Å²) < 4.78 is 47.3. The molecule has 0 amide bonds. The summed E-state index contributed by atoms with van der Waals surface area (Å²) in [6.45, 7) is 0. The molecular weight excluding hydrogens is 400 g/mol. The van der Waals surface area contributed by atoms with E-state index in [1.165, 1.54) is 6.20 Å². The van der Waals surface area contributed by atoms with Crippen molar-refractivity contribution in [2.45, 2.75) is 5.75 Å². The summed E-state index contributed by atoms with van der Waals surface area (Å²) in [5, 5.41) is 0. The zero-order chi connectivity index (χ0) is 13.3. The highest BCUT2D eigenvalue weighted by atomic mass is 79.9. The van der Waals surface area contributed by atoms with E-state index in [2.05, 4.69) is 36.8 Å². The van der Waals surface area contributed by atoms with E-state index in [1.54, 1.807) is 10.2 Å². The van der Waals surface area contributed by atoms with E-state index in [1.807, 2.05) is 0 Å². The molecule has 1 aromatic heterocycles. The fraction of sp³-hybridized carbons (Fsp3) is 0.286. The van der Waals surface area contributed by atoms with Crippen LogP contribution >= 0.6 is 31.9 Å². The maximum atomic E-state index is 11.5. The average Bonchev–Trinajstić information content (AvgIpc) is 2.06. The first-order chi connectivity index (χ1) is 7.59. The van der Waals surface area contributed by atoms with Gasteiger partial charge in [0.1, 0.15) is 4.60 Å². The number of hydrogen-bond donors (Lipinski definition) is 1. The van der Waals surface area contributed by atoms with Crippen LogP contribution in [0.25, 0.3) is 0 Å². The van der Waals surface area contributed by atoms with Crippen LogP contribution in [0.2, 0.25) is 0 Å². The summed E-state index contributed by atoms with van der Waals surface area (Å²) in [5.74, 6) is -0.479. The summed E-state index contributed by atoms with van der Waals surface area (Å²) >= 11 is 6.24. The Morgan fingerprint density at radius 3 is 2.41 bits per heavy atom. The molecule has 0 fully saturated rings. The Morgan fingerprint density at radius 2 is 1.88 bits per heavy atom. The molecule has 0 radical (unpaired) electrons. The Labute approximate surface area is 116 Å². The summed E-state index contributed by atoms with van der Waals surface area (Å²) in [6, 6.07) is 1.54. The lowest BCUT2D eigenvalue weighted by Gasteiger charge is -2.06. The van der Waals surface area contributed by atoms with Gasteiger partial charge in [0.25, 0.3) is 0 Å². The molecule has 0 aromatic carbocycles. The van der Waals surface area contributed by atoms with Gasteiger partial charge in [0.2, 0.25) is 20.0 Å². The monoisotopic (exact) mass is 406 g/mol. The van der Waals surface area contributed by atoms with E-state index < -0.39 is 25.8 Å². The number of halogens is 2. The van der Waals surface area contributed by atoms with E-state index in [-0.39, 0.29) is 0 Å². The lowest BCUT2D eigenvalue weighted by Crippen LogP contribution is -2.30. The van der Waals surface area contributed by atoms with Crippen LogP contribution in [-0.4, -0.2) is 28.1 Å². The Balaban J connectivity index is 3.02. The van der Waals surface area contributed by atoms with Crippen molar-refractivity contribution >= 4 is 51.9 Å². The molecule has 0 bridgehead atoms. The lowest BCUT2D eigenvalue weighted by molar-refractivity contribution is 0.579. The summed E-state index contributed by atoms with van der Waals surface area (Å²) in [7, 11) is -7.77. The van der Waals surface area contributed by atoms with Gasteiger partial charge in [-0.3, -0.25) is 0 Å². The molecule has 10 heteroatoms. The highest BCUT2D eigenvalue weighted by Gasteiger charge is 2.19. The van der Waals surface area contributed by atoms with Crippen molar-refractivity contribution in [3.63, 3.8) is 0 Å². The van der Waals surface area contributed by atoms with Gasteiger partial charge in [0.15, 0.2) is 0 Å². The maximum Gasteiger partial charge on any atom is 0.228 e. The van der Waals surface area contributed by atoms with E-state index in [0.717, 1.165) is 6.26 Å². The van der Waals surface area contributed by atoms with Crippen molar-refractivity contribution in [1.29, 1.82) is 0 Å². The number of rotatable bonds is 4. The van der Waals surface area contributed by atoms with Crippen molar-refractivity contribution in [3.8, 4) is 0 Å². The molecular formula is C7H8Br2N2O4S2. The predicted octanol–water partition coefficient (Wildman–Crippen LogP) is 0.986. The zero-order valence-corrected chi connectivity index (χ0v) is 13.3. The van der Waals surface area contributed by atoms with Gasteiger partial charge in [0.05, 0.1) is 12.0 Å². The second-order valence-electron chi connectivity index (χ2n) is 3.22. The van der Waals surface area contributed by atoms with Crippen LogP contribution in [0, 0.1) is 0 Å². The van der Waals surface area contributed by atoms with Crippen LogP contribution in [0.4, 0.5) is 0 Å². The van der Waals surface area contributed by atoms with Gasteiger partial charge < -0.3 is 0 Å². The molecule has 0 aliphatic rings. The molecule has 17 heavy (non-hydrogen) atoms. The van der Waals surface area contributed by atoms with E-state index >= 15 is 0 Å². The molecule has 0 aliphatic heterocycles. The molecule has 1 aromatic rings. The first kappa shape index (κ1) is 15.0. The largest absolute Gasteiger partial charge is 0.248 e. The minimum absolute atomic E-state index is 0.347. The summed E-state index contributed by atoms with van der Waals surface area (Å²) in [5.41, 5.74) is 0.357. The second kappa shape index (κ2) is 5.31. The molecule has 1 heterocycles. The smallest absolute Gasteiger partial charge is 0.228 e. The fourth-order valence-corrected chi connectivity index (χ4v) is 4.66. The van der Waals surface area contributed by atoms with Crippen LogP contribution < -0.4 is 4.13 Å². The van der Waals surface area contributed by atoms with Crippen LogP contribution in [0.15, 0.2) is 21.3 Å². The highest BCUT2D eigenvalue weighted by Crippen LogP contribution is 2.20. The minimum Gasteiger partial charge on any atom is -0.248 e. The normalized spacial score (nSPS) is 12.6. The van der Waals surface area contributed by atoms with Crippen LogP contribution in [0.1, 0.15) is 5.56 Å². The average molecular weight is 408 g/mol.